The first-order valence-corrected chi connectivity index (χ1v) is 12.2. The lowest BCUT2D eigenvalue weighted by Crippen LogP contribution is -2.49. The van der Waals surface area contributed by atoms with Gasteiger partial charge in [0.2, 0.25) is 5.91 Å². The highest BCUT2D eigenvalue weighted by Crippen LogP contribution is 2.31. The molecule has 0 radical (unpaired) electrons. The van der Waals surface area contributed by atoms with Crippen molar-refractivity contribution >= 4 is 46.5 Å². The van der Waals surface area contributed by atoms with Crippen LogP contribution in [0.5, 0.6) is 0 Å². The molecule has 176 valence electrons. The Hall–Kier alpha value is -3.02. The molecular formula is C27H27Cl2N3O2. The predicted molar refractivity (Wildman–Crippen MR) is 139 cm³/mol. The van der Waals surface area contributed by atoms with Gasteiger partial charge in [0.1, 0.15) is 0 Å². The van der Waals surface area contributed by atoms with Gasteiger partial charge < -0.3 is 10.2 Å². The lowest BCUT2D eigenvalue weighted by molar-refractivity contribution is -0.117. The third-order valence-electron chi connectivity index (χ3n) is 6.02. The Bertz CT molecular complexity index is 1170. The monoisotopic (exact) mass is 495 g/mol. The van der Waals surface area contributed by atoms with Crippen LogP contribution in [0.3, 0.4) is 0 Å². The smallest absolute Gasteiger partial charge is 0.324 e. The number of nitrogens with one attached hydrogen (secondary N) is 1. The fraction of sp³-hybridized carbons (Fsp3) is 0.259. The lowest BCUT2D eigenvalue weighted by atomic mass is 9.95. The van der Waals surface area contributed by atoms with Crippen molar-refractivity contribution < 1.29 is 9.59 Å². The highest BCUT2D eigenvalue weighted by molar-refractivity contribution is 6.34. The van der Waals surface area contributed by atoms with Crippen molar-refractivity contribution in [2.75, 3.05) is 23.3 Å². The number of rotatable bonds is 7. The molecule has 34 heavy (non-hydrogen) atoms. The maximum atomic E-state index is 13.3. The Morgan fingerprint density at radius 1 is 1.00 bits per heavy atom. The molecule has 4 rings (SSSR count). The van der Waals surface area contributed by atoms with Crippen molar-refractivity contribution in [1.29, 1.82) is 0 Å². The molecule has 1 aliphatic heterocycles. The molecule has 1 aliphatic rings. The van der Waals surface area contributed by atoms with E-state index in [1.165, 1.54) is 0 Å². The number of carbonyl (C=O) groups is 2. The van der Waals surface area contributed by atoms with Crippen molar-refractivity contribution in [2.45, 2.75) is 32.2 Å². The number of hydrogen-bond acceptors (Lipinski definition) is 2. The first-order chi connectivity index (χ1) is 16.5. The Morgan fingerprint density at radius 3 is 2.53 bits per heavy atom. The number of halogens is 2. The largest absolute Gasteiger partial charge is 0.324 e. The molecule has 3 aromatic rings. The van der Waals surface area contributed by atoms with Gasteiger partial charge in [0.15, 0.2) is 0 Å². The topological polar surface area (TPSA) is 52.7 Å². The van der Waals surface area contributed by atoms with E-state index in [0.29, 0.717) is 47.5 Å². The highest BCUT2D eigenvalue weighted by Gasteiger charge is 2.28. The maximum absolute atomic E-state index is 13.3. The summed E-state index contributed by atoms with van der Waals surface area (Å²) in [7, 11) is 0. The van der Waals surface area contributed by atoms with Gasteiger partial charge in [0.05, 0.1) is 16.6 Å². The molecule has 3 aromatic carbocycles. The van der Waals surface area contributed by atoms with Crippen LogP contribution in [0.25, 0.3) is 0 Å². The summed E-state index contributed by atoms with van der Waals surface area (Å²) in [6, 6.07) is 22.5. The van der Waals surface area contributed by atoms with Crippen LogP contribution in [0.1, 0.15) is 36.8 Å². The van der Waals surface area contributed by atoms with Gasteiger partial charge in [0.25, 0.3) is 0 Å². The van der Waals surface area contributed by atoms with Crippen molar-refractivity contribution in [3.8, 4) is 0 Å². The zero-order chi connectivity index (χ0) is 24.1. The number of benzene rings is 3. The molecular weight excluding hydrogens is 469 g/mol. The number of amides is 3. The first kappa shape index (κ1) is 24.1. The molecule has 1 atom stereocenters. The second-order valence-electron chi connectivity index (χ2n) is 8.36. The second-order valence-corrected chi connectivity index (χ2v) is 9.21. The van der Waals surface area contributed by atoms with Gasteiger partial charge in [-0.15, -0.1) is 0 Å². The fourth-order valence-corrected chi connectivity index (χ4v) is 4.66. The summed E-state index contributed by atoms with van der Waals surface area (Å²) < 4.78 is 0. The molecule has 1 heterocycles. The molecule has 5 nitrogen and oxygen atoms in total. The van der Waals surface area contributed by atoms with Gasteiger partial charge in [-0.2, -0.15) is 0 Å². The quantitative estimate of drug-likeness (QED) is 0.385. The van der Waals surface area contributed by atoms with Crippen LogP contribution >= 0.6 is 23.2 Å². The standard InChI is InChI=1S/C27H27Cl2N3O2/c1-2-23(20-9-4-3-5-10-20)26(33)30-25-17-22(12-13-24(25)29)32-15-7-14-31(27(32)34)18-19-8-6-11-21(28)16-19/h3-6,8-13,16-17,23H,2,7,14-15,18H2,1H3,(H,30,33)/t23-/m0/s1. The second kappa shape index (κ2) is 10.9. The zero-order valence-corrected chi connectivity index (χ0v) is 20.5. The van der Waals surface area contributed by atoms with Gasteiger partial charge in [-0.3, -0.25) is 9.69 Å². The molecule has 7 heteroatoms. The molecule has 0 spiro atoms. The first-order valence-electron chi connectivity index (χ1n) is 11.4. The van der Waals surface area contributed by atoms with Crippen LogP contribution in [-0.4, -0.2) is 29.9 Å². The SMILES string of the molecule is CC[C@H](C(=O)Nc1cc(N2CCCN(Cc3cccc(Cl)c3)C2=O)ccc1Cl)c1ccccc1. The Balaban J connectivity index is 1.51. The molecule has 0 saturated carbocycles. The number of urea groups is 1. The van der Waals surface area contributed by atoms with Crippen LogP contribution in [0.4, 0.5) is 16.2 Å². The Kier molecular flexibility index (Phi) is 7.76. The summed E-state index contributed by atoms with van der Waals surface area (Å²) in [5.41, 5.74) is 3.14. The summed E-state index contributed by atoms with van der Waals surface area (Å²) >= 11 is 12.5. The van der Waals surface area contributed by atoms with Crippen molar-refractivity contribution in [3.05, 3.63) is 94.0 Å². The fourth-order valence-electron chi connectivity index (χ4n) is 4.28. The summed E-state index contributed by atoms with van der Waals surface area (Å²) in [6.45, 7) is 3.74. The summed E-state index contributed by atoms with van der Waals surface area (Å²) in [5.74, 6) is -0.411. The molecule has 0 aromatic heterocycles. The van der Waals surface area contributed by atoms with Crippen LogP contribution in [-0.2, 0) is 11.3 Å². The zero-order valence-electron chi connectivity index (χ0n) is 19.0. The molecule has 1 saturated heterocycles. The van der Waals surface area contributed by atoms with E-state index in [-0.39, 0.29) is 17.9 Å². The number of hydrogen-bond donors (Lipinski definition) is 1. The average molecular weight is 496 g/mol. The van der Waals surface area contributed by atoms with Crippen molar-refractivity contribution in [3.63, 3.8) is 0 Å². The average Bonchev–Trinajstić information content (AvgIpc) is 2.83. The molecule has 1 N–H and O–H groups in total. The summed E-state index contributed by atoms with van der Waals surface area (Å²) in [4.78, 5) is 29.9. The van der Waals surface area contributed by atoms with E-state index in [1.807, 2.05) is 72.5 Å². The third kappa shape index (κ3) is 5.54. The minimum Gasteiger partial charge on any atom is -0.324 e. The Labute approximate surface area is 210 Å². The van der Waals surface area contributed by atoms with Gasteiger partial charge in [-0.25, -0.2) is 4.79 Å². The van der Waals surface area contributed by atoms with Crippen LogP contribution in [0.15, 0.2) is 72.8 Å². The minimum atomic E-state index is -0.286. The number of nitrogens with zero attached hydrogens (tertiary/aromatic N) is 2. The van der Waals surface area contributed by atoms with Crippen LogP contribution in [0, 0.1) is 0 Å². The summed E-state index contributed by atoms with van der Waals surface area (Å²) in [5, 5.41) is 4.06. The van der Waals surface area contributed by atoms with E-state index in [1.54, 1.807) is 17.0 Å². The van der Waals surface area contributed by atoms with E-state index in [0.717, 1.165) is 17.5 Å². The number of anilines is 2. The van der Waals surface area contributed by atoms with Gasteiger partial charge in [-0.1, -0.05) is 72.6 Å². The van der Waals surface area contributed by atoms with E-state index in [9.17, 15) is 9.59 Å². The van der Waals surface area contributed by atoms with Crippen LogP contribution in [0.2, 0.25) is 10.0 Å². The van der Waals surface area contributed by atoms with Gasteiger partial charge in [-0.05, 0) is 54.3 Å². The molecule has 1 fully saturated rings. The number of carbonyl (C=O) groups excluding carboxylic acids is 2. The van der Waals surface area contributed by atoms with E-state index < -0.39 is 0 Å². The Morgan fingerprint density at radius 2 is 1.79 bits per heavy atom. The highest BCUT2D eigenvalue weighted by atomic mass is 35.5. The molecule has 0 unspecified atom stereocenters. The minimum absolute atomic E-state index is 0.0819. The van der Waals surface area contributed by atoms with Gasteiger partial charge >= 0.3 is 6.03 Å². The van der Waals surface area contributed by atoms with E-state index in [2.05, 4.69) is 5.32 Å². The molecule has 3 amide bonds. The van der Waals surface area contributed by atoms with E-state index in [4.69, 9.17) is 23.2 Å². The van der Waals surface area contributed by atoms with Crippen molar-refractivity contribution in [2.24, 2.45) is 0 Å². The van der Waals surface area contributed by atoms with E-state index >= 15 is 0 Å². The van der Waals surface area contributed by atoms with Crippen LogP contribution < -0.4 is 10.2 Å². The predicted octanol–water partition coefficient (Wildman–Crippen LogP) is 6.96. The third-order valence-corrected chi connectivity index (χ3v) is 6.58. The molecule has 0 bridgehead atoms. The van der Waals surface area contributed by atoms with Crippen molar-refractivity contribution in [1.82, 2.24) is 4.90 Å². The molecule has 0 aliphatic carbocycles. The lowest BCUT2D eigenvalue weighted by Gasteiger charge is -2.36. The summed E-state index contributed by atoms with van der Waals surface area (Å²) in [6.07, 6.45) is 1.50. The van der Waals surface area contributed by atoms with Gasteiger partial charge in [0, 0.05) is 30.3 Å². The maximum Gasteiger partial charge on any atom is 0.324 e. The normalized spacial score (nSPS) is 14.7.